The van der Waals surface area contributed by atoms with Crippen LogP contribution >= 0.6 is 0 Å². The first kappa shape index (κ1) is 14.4. The summed E-state index contributed by atoms with van der Waals surface area (Å²) >= 11 is 0. The summed E-state index contributed by atoms with van der Waals surface area (Å²) < 4.78 is 49.1. The van der Waals surface area contributed by atoms with Gasteiger partial charge in [0, 0.05) is 0 Å². The molecule has 0 unspecified atom stereocenters. The Labute approximate surface area is 122 Å². The maximum atomic E-state index is 12.8. The molecular weight excluding hydrogens is 303 g/mol. The monoisotopic (exact) mass is 313 g/mol. The highest BCUT2D eigenvalue weighted by Gasteiger charge is 2.33. The second-order valence-electron chi connectivity index (χ2n) is 4.80. The average Bonchev–Trinajstić information content (AvgIpc) is 3.11. The highest BCUT2D eigenvalue weighted by atomic mass is 19.4. The zero-order chi connectivity index (χ0) is 15.9. The van der Waals surface area contributed by atoms with Crippen LogP contribution in [0.1, 0.15) is 29.1 Å². The summed E-state index contributed by atoms with van der Waals surface area (Å²) in [5.74, 6) is -1.51. The number of alkyl halides is 3. The fourth-order valence-corrected chi connectivity index (χ4v) is 1.77. The van der Waals surface area contributed by atoms with E-state index in [0.717, 1.165) is 25.0 Å². The zero-order valence-electron chi connectivity index (χ0n) is 11.1. The van der Waals surface area contributed by atoms with Gasteiger partial charge in [0.15, 0.2) is 0 Å². The largest absolute Gasteiger partial charge is 0.490 e. The molecule has 0 radical (unpaired) electrons. The number of rotatable bonds is 4. The number of nitrogens with two attached hydrogens (primary N) is 1. The van der Waals surface area contributed by atoms with Gasteiger partial charge in [-0.1, -0.05) is 0 Å². The lowest BCUT2D eigenvalue weighted by molar-refractivity contribution is -0.137. The Kier molecular flexibility index (Phi) is 3.27. The number of primary amides is 1. The Bertz CT molecular complexity index is 723. The Balaban J connectivity index is 2.05. The zero-order valence-corrected chi connectivity index (χ0v) is 11.1. The number of amides is 1. The van der Waals surface area contributed by atoms with E-state index in [9.17, 15) is 18.0 Å². The van der Waals surface area contributed by atoms with Gasteiger partial charge in [0.05, 0.1) is 17.2 Å². The van der Waals surface area contributed by atoms with Crippen molar-refractivity contribution < 1.29 is 27.1 Å². The van der Waals surface area contributed by atoms with E-state index in [1.807, 2.05) is 0 Å². The number of carbonyl (C=O) groups excluding carboxylic acids is 1. The number of carbonyl (C=O) groups is 1. The molecule has 9 heteroatoms. The second kappa shape index (κ2) is 5.00. The number of aromatic nitrogens is 2. The van der Waals surface area contributed by atoms with Gasteiger partial charge in [-0.05, 0) is 31.0 Å². The van der Waals surface area contributed by atoms with Crippen molar-refractivity contribution in [1.29, 1.82) is 0 Å². The maximum absolute atomic E-state index is 12.8. The molecular formula is C13H10F3N3O3. The molecule has 0 saturated heterocycles. The second-order valence-corrected chi connectivity index (χ2v) is 4.80. The van der Waals surface area contributed by atoms with Gasteiger partial charge in [-0.2, -0.15) is 13.2 Å². The van der Waals surface area contributed by atoms with Gasteiger partial charge in [0.25, 0.3) is 5.89 Å². The normalized spacial score (nSPS) is 14.9. The first-order valence-electron chi connectivity index (χ1n) is 6.36. The van der Waals surface area contributed by atoms with Crippen molar-refractivity contribution >= 4 is 5.91 Å². The molecule has 2 N–H and O–H groups in total. The van der Waals surface area contributed by atoms with Crippen LogP contribution in [0.5, 0.6) is 5.75 Å². The maximum Gasteiger partial charge on any atom is 0.416 e. The van der Waals surface area contributed by atoms with Crippen molar-refractivity contribution in [1.82, 2.24) is 10.2 Å². The van der Waals surface area contributed by atoms with E-state index in [1.165, 1.54) is 6.07 Å². The van der Waals surface area contributed by atoms with Crippen molar-refractivity contribution in [2.75, 3.05) is 0 Å². The van der Waals surface area contributed by atoms with E-state index in [2.05, 4.69) is 10.2 Å². The van der Waals surface area contributed by atoms with Crippen molar-refractivity contribution in [3.63, 3.8) is 0 Å². The number of hydrogen-bond acceptors (Lipinski definition) is 5. The van der Waals surface area contributed by atoms with Crippen molar-refractivity contribution in [3.8, 4) is 17.2 Å². The van der Waals surface area contributed by atoms with Crippen LogP contribution in [0.4, 0.5) is 13.2 Å². The molecule has 1 heterocycles. The summed E-state index contributed by atoms with van der Waals surface area (Å²) in [6, 6.07) is 2.95. The SMILES string of the molecule is NC(=O)c1nnc(-c2cc(C(F)(F)F)ccc2OC2CC2)o1. The molecule has 1 aromatic carbocycles. The van der Waals surface area contributed by atoms with Crippen LogP contribution < -0.4 is 10.5 Å². The molecule has 0 spiro atoms. The fraction of sp³-hybridized carbons (Fsp3) is 0.308. The van der Waals surface area contributed by atoms with Crippen LogP contribution in [-0.2, 0) is 6.18 Å². The van der Waals surface area contributed by atoms with Gasteiger partial charge in [-0.25, -0.2) is 0 Å². The van der Waals surface area contributed by atoms with Gasteiger partial charge in [0.2, 0.25) is 0 Å². The van der Waals surface area contributed by atoms with Crippen molar-refractivity contribution in [2.24, 2.45) is 5.73 Å². The van der Waals surface area contributed by atoms with Crippen LogP contribution in [0.2, 0.25) is 0 Å². The molecule has 0 atom stereocenters. The lowest BCUT2D eigenvalue weighted by Crippen LogP contribution is -2.11. The van der Waals surface area contributed by atoms with E-state index >= 15 is 0 Å². The number of ether oxygens (including phenoxy) is 1. The van der Waals surface area contributed by atoms with E-state index in [4.69, 9.17) is 14.9 Å². The van der Waals surface area contributed by atoms with Crippen LogP contribution in [0.3, 0.4) is 0 Å². The third-order valence-electron chi connectivity index (χ3n) is 2.99. The first-order valence-corrected chi connectivity index (χ1v) is 6.36. The third kappa shape index (κ3) is 2.87. The lowest BCUT2D eigenvalue weighted by Gasteiger charge is -2.12. The van der Waals surface area contributed by atoms with Gasteiger partial charge < -0.3 is 14.9 Å². The molecule has 1 aliphatic rings. The molecule has 1 saturated carbocycles. The Morgan fingerprint density at radius 3 is 2.59 bits per heavy atom. The molecule has 1 aromatic heterocycles. The van der Waals surface area contributed by atoms with Crippen LogP contribution in [-0.4, -0.2) is 22.2 Å². The molecule has 1 fully saturated rings. The molecule has 2 aromatic rings. The Morgan fingerprint density at radius 2 is 2.05 bits per heavy atom. The van der Waals surface area contributed by atoms with Crippen LogP contribution in [0, 0.1) is 0 Å². The van der Waals surface area contributed by atoms with E-state index in [-0.39, 0.29) is 23.3 Å². The topological polar surface area (TPSA) is 91.2 Å². The van der Waals surface area contributed by atoms with Crippen molar-refractivity contribution in [2.45, 2.75) is 25.1 Å². The lowest BCUT2D eigenvalue weighted by atomic mass is 10.1. The van der Waals surface area contributed by atoms with Crippen LogP contribution in [0.15, 0.2) is 22.6 Å². The number of nitrogens with zero attached hydrogens (tertiary/aromatic N) is 2. The quantitative estimate of drug-likeness (QED) is 0.936. The average molecular weight is 313 g/mol. The predicted molar refractivity (Wildman–Crippen MR) is 66.9 cm³/mol. The van der Waals surface area contributed by atoms with Gasteiger partial charge in [-0.3, -0.25) is 4.79 Å². The molecule has 0 bridgehead atoms. The number of halogens is 3. The number of benzene rings is 1. The Hall–Kier alpha value is -2.58. The van der Waals surface area contributed by atoms with Crippen molar-refractivity contribution in [3.05, 3.63) is 29.7 Å². The minimum Gasteiger partial charge on any atom is -0.490 e. The minimum absolute atomic E-state index is 0.0262. The van der Waals surface area contributed by atoms with E-state index in [0.29, 0.717) is 0 Å². The summed E-state index contributed by atoms with van der Waals surface area (Å²) in [4.78, 5) is 11.0. The third-order valence-corrected chi connectivity index (χ3v) is 2.99. The molecule has 0 aliphatic heterocycles. The molecule has 22 heavy (non-hydrogen) atoms. The van der Waals surface area contributed by atoms with Crippen LogP contribution in [0.25, 0.3) is 11.5 Å². The van der Waals surface area contributed by atoms with Gasteiger partial charge >= 0.3 is 18.0 Å². The number of hydrogen-bond donors (Lipinski definition) is 1. The molecule has 6 nitrogen and oxygen atoms in total. The predicted octanol–water partition coefficient (Wildman–Crippen LogP) is 2.40. The van der Waals surface area contributed by atoms with Gasteiger partial charge in [-0.15, -0.1) is 10.2 Å². The molecule has 3 rings (SSSR count). The standard InChI is InChI=1S/C13H10F3N3O3/c14-13(15,16)6-1-4-9(21-7-2-3-7)8(5-6)11-18-19-12(22-11)10(17)20/h1,4-5,7H,2-3H2,(H2,17,20). The van der Waals surface area contributed by atoms with E-state index in [1.54, 1.807) is 0 Å². The Morgan fingerprint density at radius 1 is 1.32 bits per heavy atom. The summed E-state index contributed by atoms with van der Waals surface area (Å²) in [5, 5.41) is 6.95. The molecule has 1 amide bonds. The fourth-order valence-electron chi connectivity index (χ4n) is 1.77. The summed E-state index contributed by atoms with van der Waals surface area (Å²) in [7, 11) is 0. The van der Waals surface area contributed by atoms with E-state index < -0.39 is 23.5 Å². The summed E-state index contributed by atoms with van der Waals surface area (Å²) in [6.07, 6.45) is -2.90. The molecule has 116 valence electrons. The summed E-state index contributed by atoms with van der Waals surface area (Å²) in [5.41, 5.74) is 4.08. The minimum atomic E-state index is -4.53. The first-order chi connectivity index (χ1) is 10.3. The van der Waals surface area contributed by atoms with Gasteiger partial charge in [0.1, 0.15) is 5.75 Å². The highest BCUT2D eigenvalue weighted by molar-refractivity contribution is 5.88. The smallest absolute Gasteiger partial charge is 0.416 e. The molecule has 1 aliphatic carbocycles. The highest BCUT2D eigenvalue weighted by Crippen LogP contribution is 2.39. The summed E-state index contributed by atoms with van der Waals surface area (Å²) in [6.45, 7) is 0.